The van der Waals surface area contributed by atoms with Gasteiger partial charge in [0.1, 0.15) is 0 Å². The minimum absolute atomic E-state index is 0.0158. The summed E-state index contributed by atoms with van der Waals surface area (Å²) < 4.78 is 77.2. The van der Waals surface area contributed by atoms with E-state index in [-0.39, 0.29) is 18.1 Å². The van der Waals surface area contributed by atoms with Crippen LogP contribution in [0.3, 0.4) is 0 Å². The van der Waals surface area contributed by atoms with Crippen molar-refractivity contribution in [2.75, 3.05) is 0 Å². The third-order valence-electron chi connectivity index (χ3n) is 3.25. The minimum atomic E-state index is -5.51. The van der Waals surface area contributed by atoms with Crippen LogP contribution >= 0.6 is 0 Å². The maximum Gasteiger partial charge on any atom is 0.406 e. The first-order valence-corrected chi connectivity index (χ1v) is 5.76. The highest BCUT2D eigenvalue weighted by Crippen LogP contribution is 2.51. The highest BCUT2D eigenvalue weighted by Gasteiger charge is 2.68. The third kappa shape index (κ3) is 2.96. The number of hydrogen-bond acceptors (Lipinski definition) is 1. The van der Waals surface area contributed by atoms with Crippen LogP contribution in [0.5, 0.6) is 0 Å². The molecule has 7 heteroatoms. The average Bonchev–Trinajstić information content (AvgIpc) is 2.34. The molecule has 0 aliphatic heterocycles. The number of halogens is 6. The van der Waals surface area contributed by atoms with Crippen molar-refractivity contribution in [2.45, 2.75) is 31.6 Å². The van der Waals surface area contributed by atoms with Gasteiger partial charge in [-0.15, -0.1) is 0 Å². The van der Waals surface area contributed by atoms with E-state index in [2.05, 4.69) is 6.58 Å². The quantitative estimate of drug-likeness (QED) is 0.444. The Morgan fingerprint density at radius 2 is 1.33 bits per heavy atom. The fraction of sp³-hybridized carbons (Fsp3) is 0.357. The fourth-order valence-corrected chi connectivity index (χ4v) is 1.69. The maximum absolute atomic E-state index is 12.9. The predicted molar refractivity (Wildman–Crippen MR) is 65.0 cm³/mol. The maximum atomic E-state index is 12.9. The Balaban J connectivity index is 3.37. The Kier molecular flexibility index (Phi) is 4.27. The van der Waals surface area contributed by atoms with Crippen LogP contribution in [0, 0.1) is 0 Å². The molecule has 21 heavy (non-hydrogen) atoms. The van der Waals surface area contributed by atoms with E-state index in [1.807, 2.05) is 0 Å². The second kappa shape index (κ2) is 5.20. The van der Waals surface area contributed by atoms with Crippen LogP contribution < -0.4 is 0 Å². The van der Waals surface area contributed by atoms with E-state index >= 15 is 0 Å². The fourth-order valence-electron chi connectivity index (χ4n) is 1.69. The van der Waals surface area contributed by atoms with Gasteiger partial charge in [-0.1, -0.05) is 30.8 Å². The van der Waals surface area contributed by atoms with Gasteiger partial charge in [-0.2, -0.15) is 26.3 Å². The monoisotopic (exact) mass is 310 g/mol. The van der Waals surface area contributed by atoms with E-state index in [1.165, 1.54) is 6.92 Å². The smallest absolute Gasteiger partial charge is 0.289 e. The Morgan fingerprint density at radius 1 is 0.952 bits per heavy atom. The van der Waals surface area contributed by atoms with Crippen LogP contribution in [-0.2, 0) is 5.41 Å². The molecule has 0 amide bonds. The van der Waals surface area contributed by atoms with Gasteiger partial charge in [-0.3, -0.25) is 4.79 Å². The molecule has 0 unspecified atom stereocenters. The molecule has 0 saturated carbocycles. The van der Waals surface area contributed by atoms with Crippen molar-refractivity contribution in [3.8, 4) is 0 Å². The molecule has 0 aromatic heterocycles. The molecule has 0 bridgehead atoms. The first kappa shape index (κ1) is 17.3. The summed E-state index contributed by atoms with van der Waals surface area (Å²) in [6.45, 7) is 4.84. The average molecular weight is 310 g/mol. The lowest BCUT2D eigenvalue weighted by Crippen LogP contribution is -2.51. The van der Waals surface area contributed by atoms with Crippen molar-refractivity contribution >= 4 is 5.78 Å². The largest absolute Gasteiger partial charge is 0.406 e. The van der Waals surface area contributed by atoms with Gasteiger partial charge in [-0.05, 0) is 25.0 Å². The van der Waals surface area contributed by atoms with Gasteiger partial charge in [0.15, 0.2) is 11.2 Å². The number of Topliss-reactive ketones (excluding diaryl/α,β-unsaturated/α-hetero) is 1. The lowest BCUT2D eigenvalue weighted by atomic mass is 9.80. The van der Waals surface area contributed by atoms with Crippen molar-refractivity contribution in [1.29, 1.82) is 0 Å². The molecule has 1 aromatic rings. The zero-order valence-corrected chi connectivity index (χ0v) is 11.2. The van der Waals surface area contributed by atoms with E-state index in [4.69, 9.17) is 0 Å². The highest BCUT2D eigenvalue weighted by molar-refractivity contribution is 6.07. The molecule has 0 saturated heterocycles. The van der Waals surface area contributed by atoms with E-state index in [1.54, 1.807) is 0 Å². The number of benzene rings is 1. The zero-order chi connectivity index (χ0) is 16.6. The van der Waals surface area contributed by atoms with Crippen molar-refractivity contribution in [3.05, 3.63) is 47.5 Å². The highest BCUT2D eigenvalue weighted by atomic mass is 19.4. The summed E-state index contributed by atoms with van der Waals surface area (Å²) in [4.78, 5) is 11.6. The first-order valence-electron chi connectivity index (χ1n) is 5.76. The van der Waals surface area contributed by atoms with E-state index in [0.29, 0.717) is 12.1 Å². The van der Waals surface area contributed by atoms with Crippen molar-refractivity contribution in [1.82, 2.24) is 0 Å². The standard InChI is InChI=1S/C14H12F6O/c1-8(2)11(21)9-4-6-10(7-5-9)12(3,13(15,16)17)14(18,19)20/h4-7H,1H2,2-3H3. The third-order valence-corrected chi connectivity index (χ3v) is 3.25. The van der Waals surface area contributed by atoms with Crippen LogP contribution in [0.1, 0.15) is 29.8 Å². The Hall–Kier alpha value is -1.79. The first-order chi connectivity index (χ1) is 9.32. The van der Waals surface area contributed by atoms with E-state index in [9.17, 15) is 31.1 Å². The van der Waals surface area contributed by atoms with Gasteiger partial charge in [-0.25, -0.2) is 0 Å². The number of ketones is 1. The molecule has 0 spiro atoms. The van der Waals surface area contributed by atoms with Gasteiger partial charge in [0, 0.05) is 5.56 Å². The zero-order valence-electron chi connectivity index (χ0n) is 11.2. The van der Waals surface area contributed by atoms with Crippen LogP contribution in [-0.4, -0.2) is 18.1 Å². The topological polar surface area (TPSA) is 17.1 Å². The lowest BCUT2D eigenvalue weighted by Gasteiger charge is -2.34. The Labute approximate surface area is 117 Å². The van der Waals surface area contributed by atoms with Crippen LogP contribution in [0.15, 0.2) is 36.4 Å². The molecule has 0 aliphatic rings. The number of carbonyl (C=O) groups excluding carboxylic acids is 1. The normalized spacial score (nSPS) is 13.1. The number of hydrogen-bond donors (Lipinski definition) is 0. The molecule has 1 rings (SSSR count). The summed E-state index contributed by atoms with van der Waals surface area (Å²) in [5.74, 6) is -0.540. The molecule has 0 atom stereocenters. The summed E-state index contributed by atoms with van der Waals surface area (Å²) >= 11 is 0. The molecule has 1 aromatic carbocycles. The number of rotatable bonds is 3. The molecule has 0 heterocycles. The van der Waals surface area contributed by atoms with Crippen molar-refractivity contribution in [2.24, 2.45) is 0 Å². The lowest BCUT2D eigenvalue weighted by molar-refractivity contribution is -0.297. The molecule has 0 fully saturated rings. The SMILES string of the molecule is C=C(C)C(=O)c1ccc(C(C)(C(F)(F)F)C(F)(F)F)cc1. The summed E-state index contributed by atoms with van der Waals surface area (Å²) in [7, 11) is 0. The second-order valence-corrected chi connectivity index (χ2v) is 4.81. The van der Waals surface area contributed by atoms with Gasteiger partial charge < -0.3 is 0 Å². The van der Waals surface area contributed by atoms with E-state index in [0.717, 1.165) is 12.1 Å². The molecular weight excluding hydrogens is 298 g/mol. The Bertz CT molecular complexity index is 536. The number of carbonyl (C=O) groups is 1. The van der Waals surface area contributed by atoms with Crippen LogP contribution in [0.2, 0.25) is 0 Å². The van der Waals surface area contributed by atoms with Crippen LogP contribution in [0.25, 0.3) is 0 Å². The van der Waals surface area contributed by atoms with Gasteiger partial charge >= 0.3 is 12.4 Å². The van der Waals surface area contributed by atoms with Gasteiger partial charge in [0.05, 0.1) is 0 Å². The summed E-state index contributed by atoms with van der Waals surface area (Å²) in [6.07, 6.45) is -11.0. The number of allylic oxidation sites excluding steroid dienone is 1. The number of alkyl halides is 6. The molecular formula is C14H12F6O. The Morgan fingerprint density at radius 3 is 1.62 bits per heavy atom. The predicted octanol–water partition coefficient (Wildman–Crippen LogP) is 4.83. The summed E-state index contributed by atoms with van der Waals surface area (Å²) in [5.41, 5.74) is -4.85. The molecule has 0 aliphatic carbocycles. The molecule has 0 radical (unpaired) electrons. The van der Waals surface area contributed by atoms with Crippen molar-refractivity contribution < 1.29 is 31.1 Å². The second-order valence-electron chi connectivity index (χ2n) is 4.81. The van der Waals surface area contributed by atoms with E-state index < -0.39 is 29.1 Å². The van der Waals surface area contributed by atoms with Gasteiger partial charge in [0.2, 0.25) is 0 Å². The van der Waals surface area contributed by atoms with Crippen molar-refractivity contribution in [3.63, 3.8) is 0 Å². The molecule has 1 nitrogen and oxygen atoms in total. The van der Waals surface area contributed by atoms with Crippen LogP contribution in [0.4, 0.5) is 26.3 Å². The minimum Gasteiger partial charge on any atom is -0.289 e. The summed E-state index contributed by atoms with van der Waals surface area (Å²) in [6, 6.07) is 3.19. The summed E-state index contributed by atoms with van der Waals surface area (Å²) in [5, 5.41) is 0. The molecule has 116 valence electrons. The van der Waals surface area contributed by atoms with Gasteiger partial charge in [0.25, 0.3) is 0 Å². The molecule has 0 N–H and O–H groups in total.